The molecule has 0 heterocycles. The van der Waals surface area contributed by atoms with Crippen LogP contribution in [0.25, 0.3) is 0 Å². The SMILES string of the molecule is CC[C@H](C=C[C@@H](C)[C@H]1CC[C@H]2[C@@H]3C(O)C=C4CC(O)CC[C@]4(C)[C@H]3CC[C@]12C)C(C)C. The van der Waals surface area contributed by atoms with Crippen LogP contribution in [0.2, 0.25) is 0 Å². The van der Waals surface area contributed by atoms with E-state index in [1.54, 1.807) is 0 Å². The van der Waals surface area contributed by atoms with Gasteiger partial charge in [-0.1, -0.05) is 65.3 Å². The lowest BCUT2D eigenvalue weighted by molar-refractivity contribution is -0.0950. The predicted octanol–water partition coefficient (Wildman–Crippen LogP) is 6.77. The van der Waals surface area contributed by atoms with E-state index in [0.717, 1.165) is 25.2 Å². The lowest BCUT2D eigenvalue weighted by Gasteiger charge is -2.59. The molecule has 0 spiro atoms. The second-order valence-corrected chi connectivity index (χ2v) is 12.6. The van der Waals surface area contributed by atoms with Crippen molar-refractivity contribution in [3.05, 3.63) is 23.8 Å². The van der Waals surface area contributed by atoms with E-state index in [9.17, 15) is 10.2 Å². The fourth-order valence-electron chi connectivity index (χ4n) is 8.82. The van der Waals surface area contributed by atoms with Crippen molar-refractivity contribution in [3.63, 3.8) is 0 Å². The van der Waals surface area contributed by atoms with Crippen LogP contribution in [0.3, 0.4) is 0 Å². The van der Waals surface area contributed by atoms with Gasteiger partial charge >= 0.3 is 0 Å². The number of fused-ring (bicyclic) bond motifs is 5. The van der Waals surface area contributed by atoms with Gasteiger partial charge in [-0.05, 0) is 104 Å². The van der Waals surface area contributed by atoms with Gasteiger partial charge in [0, 0.05) is 0 Å². The molecule has 0 aromatic rings. The molecular weight excluding hydrogens is 380 g/mol. The van der Waals surface area contributed by atoms with Gasteiger partial charge in [-0.15, -0.1) is 0 Å². The van der Waals surface area contributed by atoms with Crippen LogP contribution < -0.4 is 0 Å². The summed E-state index contributed by atoms with van der Waals surface area (Å²) >= 11 is 0. The molecule has 0 aromatic carbocycles. The highest BCUT2D eigenvalue weighted by molar-refractivity contribution is 5.28. The van der Waals surface area contributed by atoms with Crippen molar-refractivity contribution in [1.82, 2.24) is 0 Å². The number of allylic oxidation sites excluding steroid dienone is 2. The van der Waals surface area contributed by atoms with Crippen LogP contribution in [0.15, 0.2) is 23.8 Å². The number of hydrogen-bond donors (Lipinski definition) is 2. The zero-order chi connectivity index (χ0) is 22.6. The quantitative estimate of drug-likeness (QED) is 0.474. The molecule has 4 aliphatic rings. The van der Waals surface area contributed by atoms with Gasteiger partial charge in [0.05, 0.1) is 12.2 Å². The fourth-order valence-corrected chi connectivity index (χ4v) is 8.82. The Kier molecular flexibility index (Phi) is 6.56. The molecule has 0 radical (unpaired) electrons. The maximum absolute atomic E-state index is 11.3. The normalized spacial score (nSPS) is 46.9. The van der Waals surface area contributed by atoms with E-state index in [1.165, 1.54) is 37.7 Å². The standard InChI is InChI=1S/C29H48O2/c1-7-20(18(2)3)9-8-19(4)23-10-11-24-27-25(13-15-29(23,24)6)28(5)14-12-22(30)16-21(28)17-26(27)31/h8-9,17-20,22-27,30-31H,7,10-16H2,1-6H3/t19-,20-,22?,23-,24+,25+,26?,27+,28+,29-/m1/s1. The Balaban J connectivity index is 1.56. The van der Waals surface area contributed by atoms with Crippen LogP contribution in [0, 0.1) is 52.3 Å². The van der Waals surface area contributed by atoms with Crippen LogP contribution in [0.1, 0.15) is 92.9 Å². The second kappa shape index (κ2) is 8.64. The Morgan fingerprint density at radius 3 is 2.42 bits per heavy atom. The van der Waals surface area contributed by atoms with Crippen molar-refractivity contribution in [2.45, 2.75) is 105 Å². The maximum atomic E-state index is 11.3. The molecular formula is C29H48O2. The first kappa shape index (κ1) is 23.6. The van der Waals surface area contributed by atoms with E-state index in [0.29, 0.717) is 40.9 Å². The van der Waals surface area contributed by atoms with E-state index in [1.807, 2.05) is 0 Å². The zero-order valence-electron chi connectivity index (χ0n) is 21.0. The first-order chi connectivity index (χ1) is 14.6. The molecule has 4 aliphatic carbocycles. The fraction of sp³-hybridized carbons (Fsp3) is 0.862. The predicted molar refractivity (Wildman–Crippen MR) is 130 cm³/mol. The van der Waals surface area contributed by atoms with Gasteiger partial charge < -0.3 is 10.2 Å². The number of rotatable bonds is 5. The van der Waals surface area contributed by atoms with Crippen LogP contribution in [-0.2, 0) is 0 Å². The summed E-state index contributed by atoms with van der Waals surface area (Å²) in [6.07, 6.45) is 15.9. The van der Waals surface area contributed by atoms with Crippen molar-refractivity contribution >= 4 is 0 Å². The van der Waals surface area contributed by atoms with Crippen LogP contribution >= 0.6 is 0 Å². The molecule has 4 rings (SSSR count). The average molecular weight is 429 g/mol. The molecule has 2 nitrogen and oxygen atoms in total. The van der Waals surface area contributed by atoms with E-state index in [4.69, 9.17) is 0 Å². The summed E-state index contributed by atoms with van der Waals surface area (Å²) in [5.41, 5.74) is 1.90. The summed E-state index contributed by atoms with van der Waals surface area (Å²) in [5.74, 6) is 4.38. The van der Waals surface area contributed by atoms with Crippen LogP contribution in [-0.4, -0.2) is 22.4 Å². The third-order valence-corrected chi connectivity index (χ3v) is 10.8. The first-order valence-electron chi connectivity index (χ1n) is 13.4. The van der Waals surface area contributed by atoms with E-state index in [-0.39, 0.29) is 17.6 Å². The topological polar surface area (TPSA) is 40.5 Å². The van der Waals surface area contributed by atoms with Crippen LogP contribution in [0.4, 0.5) is 0 Å². The minimum absolute atomic E-state index is 0.194. The van der Waals surface area contributed by atoms with Crippen molar-refractivity contribution in [1.29, 1.82) is 0 Å². The van der Waals surface area contributed by atoms with Gasteiger partial charge in [0.15, 0.2) is 0 Å². The highest BCUT2D eigenvalue weighted by Gasteiger charge is 2.61. The molecule has 0 saturated heterocycles. The Labute approximate surface area is 191 Å². The average Bonchev–Trinajstić information content (AvgIpc) is 3.06. The minimum atomic E-state index is -0.321. The number of hydrogen-bond acceptors (Lipinski definition) is 2. The highest BCUT2D eigenvalue weighted by Crippen LogP contribution is 2.67. The summed E-state index contributed by atoms with van der Waals surface area (Å²) in [7, 11) is 0. The highest BCUT2D eigenvalue weighted by atomic mass is 16.3. The largest absolute Gasteiger partial charge is 0.393 e. The third kappa shape index (κ3) is 3.88. The van der Waals surface area contributed by atoms with Crippen molar-refractivity contribution < 1.29 is 10.2 Å². The second-order valence-electron chi connectivity index (χ2n) is 12.6. The summed E-state index contributed by atoms with van der Waals surface area (Å²) < 4.78 is 0. The van der Waals surface area contributed by atoms with Gasteiger partial charge in [0.2, 0.25) is 0 Å². The minimum Gasteiger partial charge on any atom is -0.393 e. The molecule has 0 aliphatic heterocycles. The Morgan fingerprint density at radius 2 is 1.74 bits per heavy atom. The lowest BCUT2D eigenvalue weighted by atomic mass is 9.46. The smallest absolute Gasteiger partial charge is 0.0757 e. The van der Waals surface area contributed by atoms with Gasteiger partial charge in [-0.2, -0.15) is 0 Å². The van der Waals surface area contributed by atoms with Crippen molar-refractivity contribution in [2.24, 2.45) is 52.3 Å². The lowest BCUT2D eigenvalue weighted by Crippen LogP contribution is -2.54. The van der Waals surface area contributed by atoms with Gasteiger partial charge in [-0.3, -0.25) is 0 Å². The molecule has 2 heteroatoms. The molecule has 2 N–H and O–H groups in total. The van der Waals surface area contributed by atoms with E-state index >= 15 is 0 Å². The van der Waals surface area contributed by atoms with Gasteiger partial charge in [0.25, 0.3) is 0 Å². The first-order valence-corrected chi connectivity index (χ1v) is 13.4. The molecule has 31 heavy (non-hydrogen) atoms. The van der Waals surface area contributed by atoms with E-state index in [2.05, 4.69) is 59.8 Å². The molecule has 0 aromatic heterocycles. The molecule has 3 saturated carbocycles. The Hall–Kier alpha value is -0.600. The van der Waals surface area contributed by atoms with Crippen molar-refractivity contribution in [2.75, 3.05) is 0 Å². The third-order valence-electron chi connectivity index (χ3n) is 10.8. The Bertz CT molecular complexity index is 708. The number of aliphatic hydroxyl groups excluding tert-OH is 2. The van der Waals surface area contributed by atoms with Gasteiger partial charge in [-0.25, -0.2) is 0 Å². The monoisotopic (exact) mass is 428 g/mol. The molecule has 176 valence electrons. The Morgan fingerprint density at radius 1 is 1.00 bits per heavy atom. The summed E-state index contributed by atoms with van der Waals surface area (Å²) in [4.78, 5) is 0. The summed E-state index contributed by atoms with van der Waals surface area (Å²) in [6.45, 7) is 14.5. The van der Waals surface area contributed by atoms with Crippen LogP contribution in [0.5, 0.6) is 0 Å². The molecule has 0 amide bonds. The molecule has 3 fully saturated rings. The maximum Gasteiger partial charge on any atom is 0.0757 e. The van der Waals surface area contributed by atoms with Gasteiger partial charge in [0.1, 0.15) is 0 Å². The summed E-state index contributed by atoms with van der Waals surface area (Å²) in [5, 5.41) is 21.6. The van der Waals surface area contributed by atoms with E-state index < -0.39 is 0 Å². The zero-order valence-corrected chi connectivity index (χ0v) is 21.0. The molecule has 10 atom stereocenters. The van der Waals surface area contributed by atoms with Crippen molar-refractivity contribution in [3.8, 4) is 0 Å². The summed E-state index contributed by atoms with van der Waals surface area (Å²) in [6, 6.07) is 0. The molecule has 2 unspecified atom stereocenters. The molecule has 0 bridgehead atoms. The number of aliphatic hydroxyl groups is 2.